The summed E-state index contributed by atoms with van der Waals surface area (Å²) < 4.78 is 5.72. The van der Waals surface area contributed by atoms with Gasteiger partial charge in [-0.2, -0.15) is 0 Å². The molecule has 5 nitrogen and oxygen atoms in total. The van der Waals surface area contributed by atoms with E-state index in [0.717, 1.165) is 29.7 Å². The van der Waals surface area contributed by atoms with Crippen LogP contribution in [0.1, 0.15) is 47.8 Å². The molecular formula is C22H27BrN2O3. The molecule has 2 rings (SSSR count). The van der Waals surface area contributed by atoms with Crippen LogP contribution in [0.3, 0.4) is 0 Å². The smallest absolute Gasteiger partial charge is 0.307 e. The number of halogens is 1. The number of hydrogen-bond donors (Lipinski definition) is 1. The molecule has 0 spiro atoms. The first-order valence-corrected chi connectivity index (χ1v) is 10.2. The number of carbonyl (C=O) groups is 2. The average Bonchev–Trinajstić information content (AvgIpc) is 2.72. The highest BCUT2D eigenvalue weighted by atomic mass is 79.9. The molecule has 0 aliphatic heterocycles. The molecule has 1 atom stereocenters. The molecule has 0 aliphatic rings. The number of nitrogens with one attached hydrogen (secondary N) is 1. The van der Waals surface area contributed by atoms with Crippen LogP contribution in [0.4, 0.5) is 0 Å². The van der Waals surface area contributed by atoms with E-state index < -0.39 is 6.04 Å². The predicted molar refractivity (Wildman–Crippen MR) is 114 cm³/mol. The molecule has 2 aromatic carbocycles. The molecular weight excluding hydrogens is 420 g/mol. The summed E-state index contributed by atoms with van der Waals surface area (Å²) in [6, 6.07) is 14.7. The van der Waals surface area contributed by atoms with E-state index in [1.165, 1.54) is 12.7 Å². The maximum absolute atomic E-state index is 12.7. The topological polar surface area (TPSA) is 58.6 Å². The minimum atomic E-state index is -0.455. The van der Waals surface area contributed by atoms with Gasteiger partial charge in [-0.3, -0.25) is 14.5 Å². The molecule has 0 fully saturated rings. The quantitative estimate of drug-likeness (QED) is 0.582. The summed E-state index contributed by atoms with van der Waals surface area (Å²) in [4.78, 5) is 26.8. The lowest BCUT2D eigenvalue weighted by Crippen LogP contribution is -2.30. The molecule has 0 saturated carbocycles. The Hall–Kier alpha value is -2.18. The summed E-state index contributed by atoms with van der Waals surface area (Å²) in [5, 5.41) is 2.95. The third-order valence-corrected chi connectivity index (χ3v) is 5.22. The Kier molecular flexibility index (Phi) is 8.67. The van der Waals surface area contributed by atoms with Crippen LogP contribution in [0, 0.1) is 0 Å². The van der Waals surface area contributed by atoms with Crippen molar-refractivity contribution in [3.63, 3.8) is 0 Å². The summed E-state index contributed by atoms with van der Waals surface area (Å²) in [5.41, 5.74) is 2.58. The minimum absolute atomic E-state index is 0.0733. The zero-order valence-electron chi connectivity index (χ0n) is 16.6. The second-order valence-corrected chi connectivity index (χ2v) is 7.43. The minimum Gasteiger partial charge on any atom is -0.469 e. The summed E-state index contributed by atoms with van der Waals surface area (Å²) >= 11 is 3.40. The van der Waals surface area contributed by atoms with E-state index in [2.05, 4.69) is 40.0 Å². The predicted octanol–water partition coefficient (Wildman–Crippen LogP) is 4.33. The van der Waals surface area contributed by atoms with Crippen molar-refractivity contribution >= 4 is 27.8 Å². The number of methoxy groups -OCH3 is 1. The van der Waals surface area contributed by atoms with Gasteiger partial charge in [-0.25, -0.2) is 0 Å². The van der Waals surface area contributed by atoms with Gasteiger partial charge >= 0.3 is 5.97 Å². The van der Waals surface area contributed by atoms with Crippen molar-refractivity contribution < 1.29 is 14.3 Å². The summed E-state index contributed by atoms with van der Waals surface area (Å²) in [6.45, 7) is 7.10. The largest absolute Gasteiger partial charge is 0.469 e. The molecule has 0 aromatic heterocycles. The average molecular weight is 447 g/mol. The highest BCUT2D eigenvalue weighted by Gasteiger charge is 2.20. The van der Waals surface area contributed by atoms with E-state index in [9.17, 15) is 9.59 Å². The second-order valence-electron chi connectivity index (χ2n) is 6.52. The SMILES string of the molecule is CCN(CC)Cc1ccc(C(=O)NC(CC(=O)OC)c2ccc(Br)cc2)cc1. The van der Waals surface area contributed by atoms with Crippen LogP contribution in [0.25, 0.3) is 0 Å². The van der Waals surface area contributed by atoms with Gasteiger partial charge in [-0.05, 0) is 48.5 Å². The fourth-order valence-electron chi connectivity index (χ4n) is 2.91. The normalized spacial score (nSPS) is 11.9. The van der Waals surface area contributed by atoms with Crippen molar-refractivity contribution in [1.29, 1.82) is 0 Å². The molecule has 0 heterocycles. The van der Waals surface area contributed by atoms with Crippen molar-refractivity contribution in [2.24, 2.45) is 0 Å². The fraction of sp³-hybridized carbons (Fsp3) is 0.364. The van der Waals surface area contributed by atoms with E-state index >= 15 is 0 Å². The molecule has 0 aliphatic carbocycles. The van der Waals surface area contributed by atoms with Crippen molar-refractivity contribution in [3.8, 4) is 0 Å². The molecule has 28 heavy (non-hydrogen) atoms. The number of carbonyl (C=O) groups excluding carboxylic acids is 2. The number of hydrogen-bond acceptors (Lipinski definition) is 4. The Morgan fingerprint density at radius 3 is 2.18 bits per heavy atom. The maximum atomic E-state index is 12.7. The number of rotatable bonds is 9. The molecule has 1 unspecified atom stereocenters. The van der Waals surface area contributed by atoms with E-state index in [0.29, 0.717) is 5.56 Å². The van der Waals surface area contributed by atoms with E-state index in [-0.39, 0.29) is 18.3 Å². The Balaban J connectivity index is 2.11. The lowest BCUT2D eigenvalue weighted by Gasteiger charge is -2.19. The van der Waals surface area contributed by atoms with Gasteiger partial charge in [0.25, 0.3) is 5.91 Å². The van der Waals surface area contributed by atoms with Crippen LogP contribution in [0.15, 0.2) is 53.0 Å². The molecule has 0 bridgehead atoms. The Bertz CT molecular complexity index is 771. The van der Waals surface area contributed by atoms with Gasteiger partial charge in [-0.15, -0.1) is 0 Å². The Labute approximate surface area is 175 Å². The van der Waals surface area contributed by atoms with Gasteiger partial charge in [0.1, 0.15) is 0 Å². The van der Waals surface area contributed by atoms with Crippen molar-refractivity contribution in [2.75, 3.05) is 20.2 Å². The van der Waals surface area contributed by atoms with Crippen LogP contribution >= 0.6 is 15.9 Å². The van der Waals surface area contributed by atoms with E-state index in [1.54, 1.807) is 0 Å². The summed E-state index contributed by atoms with van der Waals surface area (Å²) in [6.07, 6.45) is 0.0733. The number of esters is 1. The van der Waals surface area contributed by atoms with Gasteiger partial charge in [0.2, 0.25) is 0 Å². The lowest BCUT2D eigenvalue weighted by molar-refractivity contribution is -0.141. The highest BCUT2D eigenvalue weighted by molar-refractivity contribution is 9.10. The summed E-state index contributed by atoms with van der Waals surface area (Å²) in [5.74, 6) is -0.589. The van der Waals surface area contributed by atoms with Gasteiger partial charge in [0.15, 0.2) is 0 Å². The second kappa shape index (κ2) is 11.0. The van der Waals surface area contributed by atoms with Crippen LogP contribution < -0.4 is 5.32 Å². The molecule has 0 saturated heterocycles. The van der Waals surface area contributed by atoms with Crippen LogP contribution in [-0.2, 0) is 16.1 Å². The number of ether oxygens (including phenoxy) is 1. The van der Waals surface area contributed by atoms with E-state index in [4.69, 9.17) is 4.74 Å². The third-order valence-electron chi connectivity index (χ3n) is 4.69. The zero-order valence-corrected chi connectivity index (χ0v) is 18.2. The first-order chi connectivity index (χ1) is 13.5. The molecule has 2 aromatic rings. The van der Waals surface area contributed by atoms with Crippen molar-refractivity contribution in [1.82, 2.24) is 10.2 Å². The lowest BCUT2D eigenvalue weighted by atomic mass is 10.0. The standard InChI is InChI=1S/C22H27BrN2O3/c1-4-25(5-2)15-16-6-8-18(9-7-16)22(27)24-20(14-21(26)28-3)17-10-12-19(23)13-11-17/h6-13,20H,4-5,14-15H2,1-3H3,(H,24,27). The molecule has 150 valence electrons. The fourth-order valence-corrected chi connectivity index (χ4v) is 3.17. The molecule has 1 N–H and O–H groups in total. The van der Waals surface area contributed by atoms with Crippen molar-refractivity contribution in [2.45, 2.75) is 32.9 Å². The first kappa shape index (κ1) is 22.1. The zero-order chi connectivity index (χ0) is 20.5. The maximum Gasteiger partial charge on any atom is 0.307 e. The van der Waals surface area contributed by atoms with Crippen LogP contribution in [0.5, 0.6) is 0 Å². The van der Waals surface area contributed by atoms with Gasteiger partial charge in [-0.1, -0.05) is 54.0 Å². The van der Waals surface area contributed by atoms with Crippen LogP contribution in [0.2, 0.25) is 0 Å². The van der Waals surface area contributed by atoms with E-state index in [1.807, 2.05) is 48.5 Å². The van der Waals surface area contributed by atoms with Gasteiger partial charge < -0.3 is 10.1 Å². The number of amides is 1. The highest BCUT2D eigenvalue weighted by Crippen LogP contribution is 2.21. The molecule has 0 radical (unpaired) electrons. The number of benzene rings is 2. The first-order valence-electron chi connectivity index (χ1n) is 9.41. The number of nitrogens with zero attached hydrogens (tertiary/aromatic N) is 1. The van der Waals surface area contributed by atoms with Gasteiger partial charge in [0, 0.05) is 16.6 Å². The van der Waals surface area contributed by atoms with Gasteiger partial charge in [0.05, 0.1) is 19.6 Å². The molecule has 6 heteroatoms. The van der Waals surface area contributed by atoms with Crippen LogP contribution in [-0.4, -0.2) is 37.0 Å². The Morgan fingerprint density at radius 2 is 1.64 bits per heavy atom. The monoisotopic (exact) mass is 446 g/mol. The van der Waals surface area contributed by atoms with Crippen molar-refractivity contribution in [3.05, 3.63) is 69.7 Å². The summed E-state index contributed by atoms with van der Waals surface area (Å²) in [7, 11) is 1.34. The third kappa shape index (κ3) is 6.46. The Morgan fingerprint density at radius 1 is 1.04 bits per heavy atom. The molecule has 1 amide bonds.